The third kappa shape index (κ3) is 2.46. The number of nitrogen functional groups attached to an aromatic ring is 1. The molecule has 3 heteroatoms. The summed E-state index contributed by atoms with van der Waals surface area (Å²) in [5, 5.41) is 0. The molecule has 16 heavy (non-hydrogen) atoms. The maximum absolute atomic E-state index is 5.80. The van der Waals surface area contributed by atoms with Crippen molar-refractivity contribution in [1.29, 1.82) is 0 Å². The van der Waals surface area contributed by atoms with E-state index in [1.165, 1.54) is 12.8 Å². The second-order valence-corrected chi connectivity index (χ2v) is 5.12. The van der Waals surface area contributed by atoms with Crippen molar-refractivity contribution in [3.8, 4) is 0 Å². The zero-order valence-corrected chi connectivity index (χ0v) is 10.4. The van der Waals surface area contributed by atoms with Crippen molar-refractivity contribution in [2.24, 2.45) is 5.92 Å². The quantitative estimate of drug-likeness (QED) is 0.846. The molecule has 0 bridgehead atoms. The third-order valence-corrected chi connectivity index (χ3v) is 2.96. The van der Waals surface area contributed by atoms with Crippen molar-refractivity contribution in [2.75, 3.05) is 17.2 Å². The summed E-state index contributed by atoms with van der Waals surface area (Å²) in [7, 11) is 0. The van der Waals surface area contributed by atoms with Gasteiger partial charge >= 0.3 is 0 Å². The molecule has 1 aromatic rings. The molecule has 0 amide bonds. The van der Waals surface area contributed by atoms with Crippen LogP contribution in [0, 0.1) is 12.8 Å². The lowest BCUT2D eigenvalue weighted by atomic mass is 10.2. The predicted molar refractivity (Wildman–Crippen MR) is 68.6 cm³/mol. The Morgan fingerprint density at radius 2 is 2.12 bits per heavy atom. The molecule has 0 aliphatic heterocycles. The summed E-state index contributed by atoms with van der Waals surface area (Å²) in [4.78, 5) is 7.02. The standard InChI is InChI=1S/C13H21N3/c1-9(2)8-16(11-4-5-11)13-7-6-12(14)10(3)15-13/h6-7,9,11H,4-5,8,14H2,1-3H3. The molecule has 1 saturated carbocycles. The number of hydrogen-bond acceptors (Lipinski definition) is 3. The minimum Gasteiger partial charge on any atom is -0.397 e. The van der Waals surface area contributed by atoms with Crippen LogP contribution in [0.5, 0.6) is 0 Å². The summed E-state index contributed by atoms with van der Waals surface area (Å²) in [6, 6.07) is 4.72. The SMILES string of the molecule is Cc1nc(N(CC(C)C)C2CC2)ccc1N. The van der Waals surface area contributed by atoms with E-state index < -0.39 is 0 Å². The third-order valence-electron chi connectivity index (χ3n) is 2.96. The Balaban J connectivity index is 2.20. The molecule has 2 N–H and O–H groups in total. The molecule has 0 atom stereocenters. The summed E-state index contributed by atoms with van der Waals surface area (Å²) in [6.07, 6.45) is 2.61. The van der Waals surface area contributed by atoms with Crippen LogP contribution in [0.1, 0.15) is 32.4 Å². The molecule has 0 radical (unpaired) electrons. The number of aryl methyl sites for hydroxylation is 1. The van der Waals surface area contributed by atoms with E-state index in [0.717, 1.165) is 23.7 Å². The first kappa shape index (κ1) is 11.2. The van der Waals surface area contributed by atoms with E-state index in [-0.39, 0.29) is 0 Å². The number of nitrogens with zero attached hydrogens (tertiary/aromatic N) is 2. The van der Waals surface area contributed by atoms with Gasteiger partial charge in [0.25, 0.3) is 0 Å². The van der Waals surface area contributed by atoms with Gasteiger partial charge in [-0.1, -0.05) is 13.8 Å². The molecule has 2 rings (SSSR count). The molecule has 1 aromatic heterocycles. The minimum atomic E-state index is 0.667. The van der Waals surface area contributed by atoms with E-state index in [9.17, 15) is 0 Å². The molecule has 3 nitrogen and oxygen atoms in total. The van der Waals surface area contributed by atoms with Gasteiger partial charge in [-0.25, -0.2) is 4.98 Å². The first-order valence-corrected chi connectivity index (χ1v) is 6.07. The lowest BCUT2D eigenvalue weighted by molar-refractivity contribution is 0.602. The van der Waals surface area contributed by atoms with Gasteiger partial charge in [0.1, 0.15) is 5.82 Å². The number of hydrogen-bond donors (Lipinski definition) is 1. The van der Waals surface area contributed by atoms with Gasteiger partial charge in [-0.15, -0.1) is 0 Å². The molecule has 1 aliphatic rings. The Hall–Kier alpha value is -1.25. The van der Waals surface area contributed by atoms with Crippen LogP contribution >= 0.6 is 0 Å². The predicted octanol–water partition coefficient (Wildman–Crippen LogP) is 2.60. The summed E-state index contributed by atoms with van der Waals surface area (Å²) in [5.74, 6) is 1.75. The van der Waals surface area contributed by atoms with Crippen LogP contribution < -0.4 is 10.6 Å². The molecule has 0 unspecified atom stereocenters. The van der Waals surface area contributed by atoms with Gasteiger partial charge < -0.3 is 10.6 Å². The average Bonchev–Trinajstić information content (AvgIpc) is 3.02. The first-order chi connectivity index (χ1) is 7.58. The number of aromatic nitrogens is 1. The van der Waals surface area contributed by atoms with E-state index in [1.54, 1.807) is 0 Å². The van der Waals surface area contributed by atoms with E-state index in [1.807, 2.05) is 19.1 Å². The van der Waals surface area contributed by atoms with Crippen LogP contribution in [-0.2, 0) is 0 Å². The van der Waals surface area contributed by atoms with E-state index in [4.69, 9.17) is 5.73 Å². The van der Waals surface area contributed by atoms with Gasteiger partial charge in [0.15, 0.2) is 0 Å². The molecule has 1 fully saturated rings. The van der Waals surface area contributed by atoms with Gasteiger partial charge in [0.2, 0.25) is 0 Å². The topological polar surface area (TPSA) is 42.2 Å². The highest BCUT2D eigenvalue weighted by Gasteiger charge is 2.30. The van der Waals surface area contributed by atoms with Crippen LogP contribution in [-0.4, -0.2) is 17.6 Å². The number of rotatable bonds is 4. The lowest BCUT2D eigenvalue weighted by Crippen LogP contribution is -2.30. The Bertz CT molecular complexity index is 369. The molecule has 1 aliphatic carbocycles. The monoisotopic (exact) mass is 219 g/mol. The highest BCUT2D eigenvalue weighted by Crippen LogP contribution is 2.31. The Morgan fingerprint density at radius 3 is 2.62 bits per heavy atom. The molecule has 0 spiro atoms. The number of pyridine rings is 1. The van der Waals surface area contributed by atoms with Crippen molar-refractivity contribution in [2.45, 2.75) is 39.7 Å². The van der Waals surface area contributed by atoms with Crippen LogP contribution in [0.3, 0.4) is 0 Å². The van der Waals surface area contributed by atoms with Crippen LogP contribution in [0.25, 0.3) is 0 Å². The van der Waals surface area contributed by atoms with Crippen molar-refractivity contribution in [1.82, 2.24) is 4.98 Å². The van der Waals surface area contributed by atoms with Gasteiger partial charge in [0.05, 0.1) is 11.4 Å². The number of anilines is 2. The van der Waals surface area contributed by atoms with Gasteiger partial charge in [0, 0.05) is 12.6 Å². The van der Waals surface area contributed by atoms with E-state index in [2.05, 4.69) is 23.7 Å². The minimum absolute atomic E-state index is 0.667. The maximum atomic E-state index is 5.80. The zero-order valence-electron chi connectivity index (χ0n) is 10.4. The molecular weight excluding hydrogens is 198 g/mol. The van der Waals surface area contributed by atoms with E-state index in [0.29, 0.717) is 12.0 Å². The highest BCUT2D eigenvalue weighted by atomic mass is 15.2. The Kier molecular flexibility index (Phi) is 3.03. The fourth-order valence-electron chi connectivity index (χ4n) is 1.93. The second-order valence-electron chi connectivity index (χ2n) is 5.12. The Labute approximate surface area is 97.7 Å². The van der Waals surface area contributed by atoms with Crippen molar-refractivity contribution < 1.29 is 0 Å². The molecular formula is C13H21N3. The fourth-order valence-corrected chi connectivity index (χ4v) is 1.93. The van der Waals surface area contributed by atoms with Gasteiger partial charge in [-0.3, -0.25) is 0 Å². The summed E-state index contributed by atoms with van der Waals surface area (Å²) >= 11 is 0. The van der Waals surface area contributed by atoms with Crippen LogP contribution in [0.4, 0.5) is 11.5 Å². The van der Waals surface area contributed by atoms with Crippen LogP contribution in [0.15, 0.2) is 12.1 Å². The number of nitrogens with two attached hydrogens (primary N) is 1. The smallest absolute Gasteiger partial charge is 0.129 e. The molecule has 1 heterocycles. The van der Waals surface area contributed by atoms with E-state index >= 15 is 0 Å². The first-order valence-electron chi connectivity index (χ1n) is 6.07. The molecule has 88 valence electrons. The highest BCUT2D eigenvalue weighted by molar-refractivity contribution is 5.51. The second kappa shape index (κ2) is 4.32. The van der Waals surface area contributed by atoms with Crippen molar-refractivity contribution >= 4 is 11.5 Å². The lowest BCUT2D eigenvalue weighted by Gasteiger charge is -2.26. The van der Waals surface area contributed by atoms with Gasteiger partial charge in [-0.05, 0) is 37.8 Å². The van der Waals surface area contributed by atoms with Gasteiger partial charge in [-0.2, -0.15) is 0 Å². The zero-order chi connectivity index (χ0) is 11.7. The summed E-state index contributed by atoms with van der Waals surface area (Å²) < 4.78 is 0. The normalized spacial score (nSPS) is 15.5. The maximum Gasteiger partial charge on any atom is 0.129 e. The molecule has 0 aromatic carbocycles. The summed E-state index contributed by atoms with van der Waals surface area (Å²) in [5.41, 5.74) is 7.52. The molecule has 0 saturated heterocycles. The average molecular weight is 219 g/mol. The summed E-state index contributed by atoms with van der Waals surface area (Å²) in [6.45, 7) is 7.55. The van der Waals surface area contributed by atoms with Crippen molar-refractivity contribution in [3.63, 3.8) is 0 Å². The van der Waals surface area contributed by atoms with Crippen LogP contribution in [0.2, 0.25) is 0 Å². The fraction of sp³-hybridized carbons (Fsp3) is 0.615. The largest absolute Gasteiger partial charge is 0.397 e. The Morgan fingerprint density at radius 1 is 1.44 bits per heavy atom. The van der Waals surface area contributed by atoms with Crippen molar-refractivity contribution in [3.05, 3.63) is 17.8 Å².